The van der Waals surface area contributed by atoms with E-state index < -0.39 is 0 Å². The average molecular weight is 577 g/mol. The largest absolute Gasteiger partial charge is 0.271 e. The number of rotatable bonds is 22. The van der Waals surface area contributed by atoms with Crippen LogP contribution in [0.1, 0.15) is 141 Å². The predicted molar refractivity (Wildman–Crippen MR) is 168 cm³/mol. The molecule has 2 aliphatic rings. The number of benzene rings is 1. The average Bonchev–Trinajstić information content (AvgIpc) is 3.40. The Morgan fingerprint density at radius 3 is 1.17 bits per heavy atom. The summed E-state index contributed by atoms with van der Waals surface area (Å²) in [6.07, 6.45) is 23.2. The van der Waals surface area contributed by atoms with Gasteiger partial charge in [0.25, 0.3) is 23.6 Å². The van der Waals surface area contributed by atoms with Gasteiger partial charge >= 0.3 is 0 Å². The molecule has 0 aliphatic carbocycles. The van der Waals surface area contributed by atoms with Crippen LogP contribution in [0.25, 0.3) is 0 Å². The van der Waals surface area contributed by atoms with Gasteiger partial charge in [0.05, 0.1) is 13.1 Å². The summed E-state index contributed by atoms with van der Waals surface area (Å²) < 4.78 is 0. The molecule has 1 aromatic rings. The minimum Gasteiger partial charge on any atom is -0.271 e. The van der Waals surface area contributed by atoms with Crippen molar-refractivity contribution in [3.8, 4) is 0 Å². The maximum atomic E-state index is 13.1. The van der Waals surface area contributed by atoms with Crippen LogP contribution in [-0.2, 0) is 32.3 Å². The van der Waals surface area contributed by atoms with Crippen LogP contribution in [0.2, 0.25) is 0 Å². The molecule has 42 heavy (non-hydrogen) atoms. The van der Waals surface area contributed by atoms with Crippen LogP contribution < -0.4 is 0 Å². The minimum atomic E-state index is -0.285. The molecule has 6 nitrogen and oxygen atoms in total. The molecular formula is C36H52N2O4. The Bertz CT molecular complexity index is 1030. The van der Waals surface area contributed by atoms with Crippen molar-refractivity contribution in [2.45, 2.75) is 143 Å². The molecule has 0 saturated heterocycles. The molecule has 0 fully saturated rings. The van der Waals surface area contributed by atoms with E-state index in [9.17, 15) is 19.2 Å². The predicted octanol–water partition coefficient (Wildman–Crippen LogP) is 8.34. The van der Waals surface area contributed by atoms with Gasteiger partial charge in [-0.1, -0.05) is 128 Å². The Balaban J connectivity index is 1.46. The third-order valence-electron chi connectivity index (χ3n) is 8.54. The normalized spacial score (nSPS) is 15.3. The Hall–Kier alpha value is -3.02. The fourth-order valence-electron chi connectivity index (χ4n) is 5.89. The highest BCUT2D eigenvalue weighted by Gasteiger charge is 2.33. The molecule has 0 atom stereocenters. The van der Waals surface area contributed by atoms with Gasteiger partial charge in [0.1, 0.15) is 0 Å². The number of carbonyl (C=O) groups excluding carboxylic acids is 4. The van der Waals surface area contributed by atoms with E-state index in [1.807, 2.05) is 24.3 Å². The summed E-state index contributed by atoms with van der Waals surface area (Å²) in [6.45, 7) is 4.72. The highest BCUT2D eigenvalue weighted by molar-refractivity contribution is 6.16. The van der Waals surface area contributed by atoms with E-state index in [1.54, 1.807) is 0 Å². The molecule has 2 heterocycles. The van der Waals surface area contributed by atoms with Gasteiger partial charge in [-0.25, -0.2) is 0 Å². The van der Waals surface area contributed by atoms with Crippen molar-refractivity contribution < 1.29 is 19.2 Å². The van der Waals surface area contributed by atoms with E-state index in [0.29, 0.717) is 24.0 Å². The Kier molecular flexibility index (Phi) is 14.8. The SMILES string of the molecule is CCCCCCCCCCC1=CC(=O)N(Cc2ccccc2CN2C(=O)C=C(CCCCCCCCCC)C2=O)C1=O. The van der Waals surface area contributed by atoms with Crippen LogP contribution in [0.15, 0.2) is 47.6 Å². The number of unbranched alkanes of at least 4 members (excludes halogenated alkanes) is 14. The summed E-state index contributed by atoms with van der Waals surface area (Å²) in [5, 5.41) is 0. The first kappa shape index (κ1) is 33.5. The second-order valence-corrected chi connectivity index (χ2v) is 12.0. The first-order chi connectivity index (χ1) is 20.5. The number of amides is 4. The maximum absolute atomic E-state index is 13.1. The Morgan fingerprint density at radius 2 is 0.810 bits per heavy atom. The van der Waals surface area contributed by atoms with Crippen LogP contribution in [-0.4, -0.2) is 33.4 Å². The van der Waals surface area contributed by atoms with Crippen molar-refractivity contribution in [1.29, 1.82) is 0 Å². The topological polar surface area (TPSA) is 74.8 Å². The summed E-state index contributed by atoms with van der Waals surface area (Å²) in [5.74, 6) is -1.01. The van der Waals surface area contributed by atoms with E-state index in [2.05, 4.69) is 13.8 Å². The number of carbonyl (C=O) groups is 4. The van der Waals surface area contributed by atoms with E-state index in [-0.39, 0.29) is 36.7 Å². The molecule has 0 aromatic heterocycles. The summed E-state index contributed by atoms with van der Waals surface area (Å²) in [4.78, 5) is 54.3. The van der Waals surface area contributed by atoms with Crippen LogP contribution in [0.3, 0.4) is 0 Å². The molecule has 0 N–H and O–H groups in total. The van der Waals surface area contributed by atoms with Crippen LogP contribution in [0, 0.1) is 0 Å². The van der Waals surface area contributed by atoms with Gasteiger partial charge in [-0.3, -0.25) is 29.0 Å². The summed E-state index contributed by atoms with van der Waals surface area (Å²) >= 11 is 0. The van der Waals surface area contributed by atoms with Gasteiger partial charge in [-0.2, -0.15) is 0 Å². The molecule has 3 rings (SSSR count). The molecule has 230 valence electrons. The van der Waals surface area contributed by atoms with Gasteiger partial charge in [-0.15, -0.1) is 0 Å². The van der Waals surface area contributed by atoms with E-state index in [1.165, 1.54) is 99.0 Å². The van der Waals surface area contributed by atoms with Crippen molar-refractivity contribution >= 4 is 23.6 Å². The van der Waals surface area contributed by atoms with Gasteiger partial charge in [0.2, 0.25) is 0 Å². The lowest BCUT2D eigenvalue weighted by molar-refractivity contribution is -0.139. The van der Waals surface area contributed by atoms with Crippen molar-refractivity contribution in [3.05, 3.63) is 58.7 Å². The van der Waals surface area contributed by atoms with Gasteiger partial charge in [-0.05, 0) is 36.8 Å². The van der Waals surface area contributed by atoms with Crippen molar-refractivity contribution in [1.82, 2.24) is 9.80 Å². The van der Waals surface area contributed by atoms with Gasteiger partial charge in [0, 0.05) is 23.3 Å². The lowest BCUT2D eigenvalue weighted by atomic mass is 10.0. The zero-order valence-electron chi connectivity index (χ0n) is 26.1. The highest BCUT2D eigenvalue weighted by Crippen LogP contribution is 2.26. The molecule has 4 amide bonds. The molecule has 1 aromatic carbocycles. The van der Waals surface area contributed by atoms with E-state index >= 15 is 0 Å². The van der Waals surface area contributed by atoms with E-state index in [4.69, 9.17) is 0 Å². The number of nitrogens with zero attached hydrogens (tertiary/aromatic N) is 2. The molecule has 0 bridgehead atoms. The second kappa shape index (κ2) is 18.5. The zero-order chi connectivity index (χ0) is 30.2. The maximum Gasteiger partial charge on any atom is 0.257 e. The molecule has 0 unspecified atom stereocenters. The zero-order valence-corrected chi connectivity index (χ0v) is 26.1. The summed E-state index contributed by atoms with van der Waals surface area (Å²) in [5.41, 5.74) is 2.72. The molecule has 0 radical (unpaired) electrons. The summed E-state index contributed by atoms with van der Waals surface area (Å²) in [6, 6.07) is 7.45. The van der Waals surface area contributed by atoms with E-state index in [0.717, 1.165) is 36.8 Å². The third-order valence-corrected chi connectivity index (χ3v) is 8.54. The lowest BCUT2D eigenvalue weighted by Crippen LogP contribution is -2.33. The monoisotopic (exact) mass is 576 g/mol. The lowest BCUT2D eigenvalue weighted by Gasteiger charge is -2.20. The van der Waals surface area contributed by atoms with Crippen LogP contribution in [0.4, 0.5) is 0 Å². The molecular weight excluding hydrogens is 524 g/mol. The second-order valence-electron chi connectivity index (χ2n) is 12.0. The first-order valence-electron chi connectivity index (χ1n) is 16.7. The van der Waals surface area contributed by atoms with Crippen LogP contribution in [0.5, 0.6) is 0 Å². The number of hydrogen-bond donors (Lipinski definition) is 0. The van der Waals surface area contributed by atoms with Crippen molar-refractivity contribution in [3.63, 3.8) is 0 Å². The standard InChI is InChI=1S/C36H52N2O4/c1-3-5-7-9-11-13-15-17-21-29-25-33(39)37(35(29)41)27-31-23-19-20-24-32(31)28-38-34(40)26-30(36(38)42)22-18-16-14-12-10-8-6-4-2/h19-20,23-26H,3-18,21-22,27-28H2,1-2H3. The van der Waals surface area contributed by atoms with Gasteiger partial charge < -0.3 is 0 Å². The smallest absolute Gasteiger partial charge is 0.257 e. The molecule has 0 spiro atoms. The van der Waals surface area contributed by atoms with Crippen LogP contribution >= 0.6 is 0 Å². The molecule has 6 heteroatoms. The Labute approximate surface area is 253 Å². The minimum absolute atomic E-state index is 0.139. The van der Waals surface area contributed by atoms with Crippen molar-refractivity contribution in [2.24, 2.45) is 0 Å². The number of imide groups is 2. The van der Waals surface area contributed by atoms with Gasteiger partial charge in [0.15, 0.2) is 0 Å². The molecule has 2 aliphatic heterocycles. The Morgan fingerprint density at radius 1 is 0.476 bits per heavy atom. The fraction of sp³-hybridized carbons (Fsp3) is 0.611. The quantitative estimate of drug-likeness (QED) is 0.103. The summed E-state index contributed by atoms with van der Waals surface area (Å²) in [7, 11) is 0. The number of hydrogen-bond acceptors (Lipinski definition) is 4. The highest BCUT2D eigenvalue weighted by atomic mass is 16.2. The fourth-order valence-corrected chi connectivity index (χ4v) is 5.89. The third kappa shape index (κ3) is 10.4. The van der Waals surface area contributed by atoms with Crippen molar-refractivity contribution in [2.75, 3.05) is 0 Å². The first-order valence-corrected chi connectivity index (χ1v) is 16.7. The molecule has 0 saturated carbocycles.